The number of thiophene rings is 1. The third-order valence-electron chi connectivity index (χ3n) is 2.99. The van der Waals surface area contributed by atoms with Gasteiger partial charge in [0.15, 0.2) is 0 Å². The number of fused-ring (bicyclic) bond motifs is 1. The third kappa shape index (κ3) is 1.83. The van der Waals surface area contributed by atoms with Gasteiger partial charge < -0.3 is 10.0 Å². The van der Waals surface area contributed by atoms with Crippen LogP contribution in [-0.2, 0) is 0 Å². The lowest BCUT2D eigenvalue weighted by molar-refractivity contribution is -0.0666. The van der Waals surface area contributed by atoms with Gasteiger partial charge in [-0.05, 0) is 24.4 Å². The Morgan fingerprint density at radius 3 is 2.76 bits per heavy atom. The zero-order chi connectivity index (χ0) is 12.0. The van der Waals surface area contributed by atoms with Gasteiger partial charge >= 0.3 is 0 Å². The van der Waals surface area contributed by atoms with E-state index in [1.165, 1.54) is 11.3 Å². The number of amides is 1. The van der Waals surface area contributed by atoms with E-state index in [1.807, 2.05) is 30.3 Å². The molecule has 1 aliphatic heterocycles. The van der Waals surface area contributed by atoms with Gasteiger partial charge in [0, 0.05) is 4.70 Å². The van der Waals surface area contributed by atoms with Gasteiger partial charge in [0.05, 0.1) is 23.6 Å². The van der Waals surface area contributed by atoms with Crippen LogP contribution in [0.3, 0.4) is 0 Å². The highest BCUT2D eigenvalue weighted by molar-refractivity contribution is 7.20. The number of rotatable bonds is 1. The normalized spacial score (nSPS) is 18.1. The second-order valence-corrected chi connectivity index (χ2v) is 5.89. The Labute approximate surface area is 103 Å². The van der Waals surface area contributed by atoms with E-state index in [9.17, 15) is 9.90 Å². The van der Waals surface area contributed by atoms with E-state index in [0.29, 0.717) is 13.1 Å². The first-order chi connectivity index (χ1) is 8.05. The lowest BCUT2D eigenvalue weighted by Gasteiger charge is -2.43. The van der Waals surface area contributed by atoms with E-state index < -0.39 is 5.60 Å². The molecule has 0 bridgehead atoms. The van der Waals surface area contributed by atoms with Gasteiger partial charge in [-0.15, -0.1) is 11.3 Å². The number of β-amino-alcohol motifs (C(OH)–C–C–N with tert-alkyl or cyclic N) is 1. The quantitative estimate of drug-likeness (QED) is 0.838. The lowest BCUT2D eigenvalue weighted by Crippen LogP contribution is -2.61. The Kier molecular flexibility index (Phi) is 2.24. The van der Waals surface area contributed by atoms with Crippen molar-refractivity contribution in [3.8, 4) is 0 Å². The molecule has 1 aliphatic rings. The highest BCUT2D eigenvalue weighted by Gasteiger charge is 2.39. The van der Waals surface area contributed by atoms with Crippen molar-refractivity contribution in [1.29, 1.82) is 0 Å². The molecule has 4 heteroatoms. The minimum atomic E-state index is -0.702. The standard InChI is InChI=1S/C13H13NO2S/c1-13(16)7-14(8-13)12(15)11-6-9-4-2-3-5-10(9)17-11/h2-6,16H,7-8H2,1H3. The minimum absolute atomic E-state index is 0.0257. The topological polar surface area (TPSA) is 40.5 Å². The van der Waals surface area contributed by atoms with E-state index in [4.69, 9.17) is 0 Å². The summed E-state index contributed by atoms with van der Waals surface area (Å²) in [6, 6.07) is 9.90. The van der Waals surface area contributed by atoms with Crippen LogP contribution in [0.4, 0.5) is 0 Å². The zero-order valence-electron chi connectivity index (χ0n) is 9.51. The molecule has 1 fully saturated rings. The number of carbonyl (C=O) groups excluding carboxylic acids is 1. The number of hydrogen-bond acceptors (Lipinski definition) is 3. The van der Waals surface area contributed by atoms with Crippen molar-refractivity contribution in [3.05, 3.63) is 35.2 Å². The fraction of sp³-hybridized carbons (Fsp3) is 0.308. The van der Waals surface area contributed by atoms with Crippen LogP contribution in [0.5, 0.6) is 0 Å². The molecule has 0 aliphatic carbocycles. The molecule has 0 saturated carbocycles. The molecule has 2 aromatic rings. The summed E-state index contributed by atoms with van der Waals surface area (Å²) >= 11 is 1.51. The van der Waals surface area contributed by atoms with Crippen molar-refractivity contribution in [2.75, 3.05) is 13.1 Å². The van der Waals surface area contributed by atoms with Crippen LogP contribution in [0, 0.1) is 0 Å². The number of carbonyl (C=O) groups is 1. The first-order valence-corrected chi connectivity index (χ1v) is 6.37. The Bertz CT molecular complexity index is 547. The Morgan fingerprint density at radius 2 is 2.12 bits per heavy atom. The SMILES string of the molecule is CC1(O)CN(C(=O)c2cc3ccccc3s2)C1. The summed E-state index contributed by atoms with van der Waals surface area (Å²) in [5.41, 5.74) is -0.702. The average Bonchev–Trinajstić information content (AvgIpc) is 2.68. The Hall–Kier alpha value is -1.39. The summed E-state index contributed by atoms with van der Waals surface area (Å²) in [5.74, 6) is 0.0257. The number of benzene rings is 1. The number of nitrogens with zero attached hydrogens (tertiary/aromatic N) is 1. The Morgan fingerprint density at radius 1 is 1.41 bits per heavy atom. The Balaban J connectivity index is 1.87. The van der Waals surface area contributed by atoms with Crippen LogP contribution in [0.1, 0.15) is 16.6 Å². The van der Waals surface area contributed by atoms with Gasteiger partial charge in [-0.1, -0.05) is 18.2 Å². The van der Waals surface area contributed by atoms with Crippen LogP contribution in [0.15, 0.2) is 30.3 Å². The molecule has 0 unspecified atom stereocenters. The predicted molar refractivity (Wildman–Crippen MR) is 68.4 cm³/mol. The molecule has 1 amide bonds. The molecule has 0 radical (unpaired) electrons. The molecule has 0 spiro atoms. The van der Waals surface area contributed by atoms with Crippen LogP contribution >= 0.6 is 11.3 Å². The predicted octanol–water partition coefficient (Wildman–Crippen LogP) is 2.11. The van der Waals surface area contributed by atoms with Crippen molar-refractivity contribution >= 4 is 27.3 Å². The third-order valence-corrected chi connectivity index (χ3v) is 4.09. The highest BCUT2D eigenvalue weighted by atomic mass is 32.1. The highest BCUT2D eigenvalue weighted by Crippen LogP contribution is 2.29. The van der Waals surface area contributed by atoms with E-state index in [0.717, 1.165) is 15.0 Å². The fourth-order valence-corrected chi connectivity index (χ4v) is 3.19. The molecule has 1 aromatic carbocycles. The molecule has 17 heavy (non-hydrogen) atoms. The summed E-state index contributed by atoms with van der Waals surface area (Å²) in [6.07, 6.45) is 0. The van der Waals surface area contributed by atoms with Crippen LogP contribution in [-0.4, -0.2) is 34.6 Å². The summed E-state index contributed by atoms with van der Waals surface area (Å²) in [4.78, 5) is 14.5. The summed E-state index contributed by atoms with van der Waals surface area (Å²) in [7, 11) is 0. The first kappa shape index (κ1) is 10.7. The van der Waals surface area contributed by atoms with Gasteiger partial charge in [0.25, 0.3) is 5.91 Å². The van der Waals surface area contributed by atoms with E-state index >= 15 is 0 Å². The summed E-state index contributed by atoms with van der Waals surface area (Å²) in [5, 5.41) is 10.7. The summed E-state index contributed by atoms with van der Waals surface area (Å²) in [6.45, 7) is 2.61. The van der Waals surface area contributed by atoms with Gasteiger partial charge in [0.2, 0.25) is 0 Å². The number of aliphatic hydroxyl groups is 1. The molecule has 88 valence electrons. The van der Waals surface area contributed by atoms with Crippen molar-refractivity contribution in [2.24, 2.45) is 0 Å². The van der Waals surface area contributed by atoms with Gasteiger partial charge in [-0.3, -0.25) is 4.79 Å². The lowest BCUT2D eigenvalue weighted by atomic mass is 9.97. The number of likely N-dealkylation sites (tertiary alicyclic amines) is 1. The molecule has 3 nitrogen and oxygen atoms in total. The molecule has 1 saturated heterocycles. The molecule has 0 atom stereocenters. The van der Waals surface area contributed by atoms with Crippen LogP contribution in [0.25, 0.3) is 10.1 Å². The minimum Gasteiger partial charge on any atom is -0.386 e. The molecular weight excluding hydrogens is 234 g/mol. The maximum absolute atomic E-state index is 12.1. The second-order valence-electron chi connectivity index (χ2n) is 4.81. The number of hydrogen-bond donors (Lipinski definition) is 1. The van der Waals surface area contributed by atoms with Crippen molar-refractivity contribution in [2.45, 2.75) is 12.5 Å². The van der Waals surface area contributed by atoms with Crippen LogP contribution in [0.2, 0.25) is 0 Å². The van der Waals surface area contributed by atoms with Crippen molar-refractivity contribution in [1.82, 2.24) is 4.90 Å². The van der Waals surface area contributed by atoms with Gasteiger partial charge in [0.1, 0.15) is 0 Å². The maximum atomic E-state index is 12.1. The molecule has 2 heterocycles. The average molecular weight is 247 g/mol. The smallest absolute Gasteiger partial charge is 0.264 e. The van der Waals surface area contributed by atoms with Crippen LogP contribution < -0.4 is 0 Å². The van der Waals surface area contributed by atoms with Gasteiger partial charge in [-0.25, -0.2) is 0 Å². The summed E-state index contributed by atoms with van der Waals surface area (Å²) < 4.78 is 1.13. The fourth-order valence-electron chi connectivity index (χ4n) is 2.16. The van der Waals surface area contributed by atoms with E-state index in [1.54, 1.807) is 11.8 Å². The first-order valence-electron chi connectivity index (χ1n) is 5.55. The molecule has 1 N–H and O–H groups in total. The molecular formula is C13H13NO2S. The monoisotopic (exact) mass is 247 g/mol. The van der Waals surface area contributed by atoms with Crippen molar-refractivity contribution < 1.29 is 9.90 Å². The largest absolute Gasteiger partial charge is 0.386 e. The molecule has 1 aromatic heterocycles. The zero-order valence-corrected chi connectivity index (χ0v) is 10.3. The van der Waals surface area contributed by atoms with Crippen molar-refractivity contribution in [3.63, 3.8) is 0 Å². The second kappa shape index (κ2) is 3.55. The maximum Gasteiger partial charge on any atom is 0.264 e. The van der Waals surface area contributed by atoms with Gasteiger partial charge in [-0.2, -0.15) is 0 Å². The van der Waals surface area contributed by atoms with E-state index in [2.05, 4.69) is 0 Å². The molecule has 3 rings (SSSR count). The van der Waals surface area contributed by atoms with E-state index in [-0.39, 0.29) is 5.91 Å².